The zero-order valence-corrected chi connectivity index (χ0v) is 13.3. The van der Waals surface area contributed by atoms with Gasteiger partial charge in [-0.15, -0.1) is 0 Å². The minimum absolute atomic E-state index is 0.109. The zero-order valence-electron chi connectivity index (χ0n) is 12.5. The summed E-state index contributed by atoms with van der Waals surface area (Å²) in [7, 11) is -2.92. The second kappa shape index (κ2) is 5.49. The van der Waals surface area contributed by atoms with Gasteiger partial charge in [-0.05, 0) is 29.4 Å². The molecule has 1 aromatic rings. The summed E-state index contributed by atoms with van der Waals surface area (Å²) in [5.74, 6) is 0.244. The Balaban J connectivity index is 2.00. The first-order valence-corrected chi connectivity index (χ1v) is 8.97. The Morgan fingerprint density at radius 1 is 1.25 bits per heavy atom. The third kappa shape index (κ3) is 3.83. The molecule has 3 nitrogen and oxygen atoms in total. The van der Waals surface area contributed by atoms with Crippen molar-refractivity contribution in [2.45, 2.75) is 45.1 Å². The fourth-order valence-electron chi connectivity index (χ4n) is 2.68. The standard InChI is InChI=1S/C16H24O3S/c1-16(2,3)14-6-4-12(5-7-14)10-15(17)13-8-9-20(18,19)11-13/h4-7,13,15,17H,8-11H2,1-3H3. The van der Waals surface area contributed by atoms with Crippen LogP contribution in [0.3, 0.4) is 0 Å². The molecular formula is C16H24O3S. The normalized spacial score (nSPS) is 23.7. The van der Waals surface area contributed by atoms with Crippen molar-refractivity contribution in [3.8, 4) is 0 Å². The molecule has 1 aliphatic rings. The van der Waals surface area contributed by atoms with Gasteiger partial charge in [-0.3, -0.25) is 0 Å². The summed E-state index contributed by atoms with van der Waals surface area (Å²) in [6, 6.07) is 8.25. The first-order chi connectivity index (χ1) is 9.17. The second-order valence-electron chi connectivity index (χ2n) is 6.88. The summed E-state index contributed by atoms with van der Waals surface area (Å²) in [5, 5.41) is 10.2. The van der Waals surface area contributed by atoms with Crippen LogP contribution in [0.25, 0.3) is 0 Å². The van der Waals surface area contributed by atoms with Gasteiger partial charge in [0.25, 0.3) is 0 Å². The lowest BCUT2D eigenvalue weighted by Crippen LogP contribution is -2.24. The van der Waals surface area contributed by atoms with Gasteiger partial charge >= 0.3 is 0 Å². The Morgan fingerprint density at radius 3 is 2.30 bits per heavy atom. The van der Waals surface area contributed by atoms with Crippen molar-refractivity contribution in [1.82, 2.24) is 0 Å². The monoisotopic (exact) mass is 296 g/mol. The molecule has 1 fully saturated rings. The molecule has 1 N–H and O–H groups in total. The van der Waals surface area contributed by atoms with Crippen LogP contribution in [0, 0.1) is 5.92 Å². The quantitative estimate of drug-likeness (QED) is 0.931. The molecule has 0 amide bonds. The average Bonchev–Trinajstić information content (AvgIpc) is 2.69. The topological polar surface area (TPSA) is 54.4 Å². The van der Waals surface area contributed by atoms with Crippen LogP contribution in [0.1, 0.15) is 38.3 Å². The maximum atomic E-state index is 11.4. The molecule has 0 bridgehead atoms. The molecule has 2 unspecified atom stereocenters. The summed E-state index contributed by atoms with van der Waals surface area (Å²) < 4.78 is 22.9. The van der Waals surface area contributed by atoms with Crippen molar-refractivity contribution in [2.75, 3.05) is 11.5 Å². The van der Waals surface area contributed by atoms with E-state index in [9.17, 15) is 13.5 Å². The van der Waals surface area contributed by atoms with E-state index in [0.717, 1.165) is 5.56 Å². The first-order valence-electron chi connectivity index (χ1n) is 7.15. The molecule has 1 aliphatic heterocycles. The molecule has 112 valence electrons. The fourth-order valence-corrected chi connectivity index (χ4v) is 4.55. The fraction of sp³-hybridized carbons (Fsp3) is 0.625. The molecule has 0 saturated carbocycles. The summed E-state index contributed by atoms with van der Waals surface area (Å²) >= 11 is 0. The van der Waals surface area contributed by atoms with Crippen LogP contribution in [0.2, 0.25) is 0 Å². The van der Waals surface area contributed by atoms with Crippen LogP contribution in [-0.2, 0) is 21.7 Å². The van der Waals surface area contributed by atoms with E-state index in [-0.39, 0.29) is 22.8 Å². The van der Waals surface area contributed by atoms with E-state index in [1.807, 2.05) is 12.1 Å². The highest BCUT2D eigenvalue weighted by Gasteiger charge is 2.32. The number of benzene rings is 1. The molecule has 2 rings (SSSR count). The number of hydrogen-bond donors (Lipinski definition) is 1. The predicted molar refractivity (Wildman–Crippen MR) is 81.6 cm³/mol. The average molecular weight is 296 g/mol. The van der Waals surface area contributed by atoms with Gasteiger partial charge in [-0.1, -0.05) is 45.0 Å². The molecule has 4 heteroatoms. The van der Waals surface area contributed by atoms with Crippen molar-refractivity contribution < 1.29 is 13.5 Å². The van der Waals surface area contributed by atoms with Crippen molar-refractivity contribution in [2.24, 2.45) is 5.92 Å². The third-order valence-electron chi connectivity index (χ3n) is 4.08. The van der Waals surface area contributed by atoms with Gasteiger partial charge in [-0.25, -0.2) is 8.42 Å². The number of hydrogen-bond acceptors (Lipinski definition) is 3. The van der Waals surface area contributed by atoms with Crippen molar-refractivity contribution in [3.63, 3.8) is 0 Å². The largest absolute Gasteiger partial charge is 0.392 e. The van der Waals surface area contributed by atoms with E-state index in [0.29, 0.717) is 12.8 Å². The maximum Gasteiger partial charge on any atom is 0.150 e. The Bertz CT molecular complexity index is 552. The van der Waals surface area contributed by atoms with Crippen molar-refractivity contribution in [1.29, 1.82) is 0 Å². The molecule has 2 atom stereocenters. The van der Waals surface area contributed by atoms with Crippen LogP contribution < -0.4 is 0 Å². The van der Waals surface area contributed by atoms with Gasteiger partial charge < -0.3 is 5.11 Å². The smallest absolute Gasteiger partial charge is 0.150 e. The minimum Gasteiger partial charge on any atom is -0.392 e. The molecular weight excluding hydrogens is 272 g/mol. The lowest BCUT2D eigenvalue weighted by Gasteiger charge is -2.20. The first kappa shape index (κ1) is 15.5. The van der Waals surface area contributed by atoms with Crippen LogP contribution in [-0.4, -0.2) is 31.1 Å². The van der Waals surface area contributed by atoms with E-state index < -0.39 is 15.9 Å². The van der Waals surface area contributed by atoms with Gasteiger partial charge in [0.05, 0.1) is 17.6 Å². The van der Waals surface area contributed by atoms with E-state index in [1.54, 1.807) is 0 Å². The van der Waals surface area contributed by atoms with Crippen LogP contribution >= 0.6 is 0 Å². The molecule has 0 aliphatic carbocycles. The molecule has 1 saturated heterocycles. The zero-order chi connectivity index (χ0) is 15.0. The Hall–Kier alpha value is -0.870. The van der Waals surface area contributed by atoms with Crippen LogP contribution in [0.5, 0.6) is 0 Å². The van der Waals surface area contributed by atoms with Gasteiger partial charge in [0.15, 0.2) is 9.84 Å². The Labute approximate surface area is 121 Å². The lowest BCUT2D eigenvalue weighted by molar-refractivity contribution is 0.120. The third-order valence-corrected chi connectivity index (χ3v) is 5.87. The number of rotatable bonds is 3. The van der Waals surface area contributed by atoms with Crippen LogP contribution in [0.15, 0.2) is 24.3 Å². The maximum absolute atomic E-state index is 11.4. The van der Waals surface area contributed by atoms with E-state index >= 15 is 0 Å². The van der Waals surface area contributed by atoms with Crippen molar-refractivity contribution in [3.05, 3.63) is 35.4 Å². The summed E-state index contributed by atoms with van der Waals surface area (Å²) in [6.45, 7) is 6.50. The summed E-state index contributed by atoms with van der Waals surface area (Å²) in [6.07, 6.45) is 0.557. The van der Waals surface area contributed by atoms with Gasteiger partial charge in [0.2, 0.25) is 0 Å². The van der Waals surface area contributed by atoms with E-state index in [2.05, 4.69) is 32.9 Å². The highest BCUT2D eigenvalue weighted by molar-refractivity contribution is 7.91. The Morgan fingerprint density at radius 2 is 1.85 bits per heavy atom. The molecule has 0 radical (unpaired) electrons. The van der Waals surface area contributed by atoms with Gasteiger partial charge in [-0.2, -0.15) is 0 Å². The lowest BCUT2D eigenvalue weighted by atomic mass is 9.86. The molecule has 1 heterocycles. The molecule has 20 heavy (non-hydrogen) atoms. The summed E-state index contributed by atoms with van der Waals surface area (Å²) in [4.78, 5) is 0. The summed E-state index contributed by atoms with van der Waals surface area (Å²) in [5.41, 5.74) is 2.45. The highest BCUT2D eigenvalue weighted by Crippen LogP contribution is 2.25. The van der Waals surface area contributed by atoms with E-state index in [1.165, 1.54) is 5.56 Å². The number of sulfone groups is 1. The van der Waals surface area contributed by atoms with Crippen molar-refractivity contribution >= 4 is 9.84 Å². The van der Waals surface area contributed by atoms with Gasteiger partial charge in [0.1, 0.15) is 0 Å². The molecule has 0 spiro atoms. The molecule has 1 aromatic carbocycles. The highest BCUT2D eigenvalue weighted by atomic mass is 32.2. The number of aliphatic hydroxyl groups excluding tert-OH is 1. The molecule has 0 aromatic heterocycles. The Kier molecular flexibility index (Phi) is 4.26. The van der Waals surface area contributed by atoms with Crippen LogP contribution in [0.4, 0.5) is 0 Å². The SMILES string of the molecule is CC(C)(C)c1ccc(CC(O)C2CCS(=O)(=O)C2)cc1. The number of aliphatic hydroxyl groups is 1. The van der Waals surface area contributed by atoms with Gasteiger partial charge in [0, 0.05) is 5.92 Å². The van der Waals surface area contributed by atoms with E-state index in [4.69, 9.17) is 0 Å². The predicted octanol–water partition coefficient (Wildman–Crippen LogP) is 2.32. The minimum atomic E-state index is -2.92. The second-order valence-corrected chi connectivity index (χ2v) is 9.11.